The number of hydrogen-bond acceptors (Lipinski definition) is 10. The molecule has 33 heavy (non-hydrogen) atoms. The van der Waals surface area contributed by atoms with Gasteiger partial charge in [-0.15, -0.1) is 10.2 Å². The first-order valence-electron chi connectivity index (χ1n) is 9.60. The summed E-state index contributed by atoms with van der Waals surface area (Å²) in [5, 5.41) is 18.4. The summed E-state index contributed by atoms with van der Waals surface area (Å²) in [6.07, 6.45) is 2.07. The molecule has 0 radical (unpaired) electrons. The Hall–Kier alpha value is -3.29. The Morgan fingerprint density at radius 2 is 1.88 bits per heavy atom. The summed E-state index contributed by atoms with van der Waals surface area (Å²) in [6, 6.07) is 12.1. The van der Waals surface area contributed by atoms with E-state index in [0.717, 1.165) is 0 Å². The van der Waals surface area contributed by atoms with Crippen LogP contribution >= 0.6 is 11.8 Å². The fourth-order valence-corrected chi connectivity index (χ4v) is 4.41. The maximum Gasteiger partial charge on any atom is 0.324 e. The minimum atomic E-state index is -3.92. The van der Waals surface area contributed by atoms with Crippen LogP contribution in [-0.2, 0) is 26.2 Å². The highest BCUT2D eigenvalue weighted by molar-refractivity contribution is 7.98. The van der Waals surface area contributed by atoms with Crippen molar-refractivity contribution < 1.29 is 27.3 Å². The highest BCUT2D eigenvalue weighted by Crippen LogP contribution is 2.21. The molecule has 0 fully saturated rings. The molecule has 1 N–H and O–H groups in total. The first-order chi connectivity index (χ1) is 15.8. The summed E-state index contributed by atoms with van der Waals surface area (Å²) in [4.78, 5) is 22.9. The number of nitrogens with zero attached hydrogens (tertiary/aromatic N) is 3. The average Bonchev–Trinajstić information content (AvgIpc) is 3.30. The van der Waals surface area contributed by atoms with E-state index < -0.39 is 27.0 Å². The number of nitro benzene ring substituents is 1. The minimum absolute atomic E-state index is 0.00811. The summed E-state index contributed by atoms with van der Waals surface area (Å²) in [5.41, 5.74) is 0.376. The van der Waals surface area contributed by atoms with Crippen molar-refractivity contribution in [1.82, 2.24) is 14.9 Å². The number of non-ortho nitro benzene ring substituents is 1. The van der Waals surface area contributed by atoms with Crippen LogP contribution in [0.15, 0.2) is 63.9 Å². The van der Waals surface area contributed by atoms with Crippen molar-refractivity contribution in [3.05, 3.63) is 70.6 Å². The van der Waals surface area contributed by atoms with Gasteiger partial charge in [-0.1, -0.05) is 18.2 Å². The van der Waals surface area contributed by atoms with Crippen LogP contribution in [0.5, 0.6) is 0 Å². The monoisotopic (exact) mass is 492 g/mol. The second-order valence-corrected chi connectivity index (χ2v) is 9.38. The fourth-order valence-electron chi connectivity index (χ4n) is 2.70. The number of esters is 1. The molecule has 3 aromatic rings. The standard InChI is InChI=1S/C20H20N4O7S2/c1-32-12-11-17(23-33(28,29)16-5-3-2-4-6-16)20(25)30-13-18-21-22-19(31-18)14-7-9-15(10-8-14)24(26)27/h2-10,17,23H,11-13H2,1H3. The van der Waals surface area contributed by atoms with Crippen molar-refractivity contribution in [2.75, 3.05) is 12.0 Å². The van der Waals surface area contributed by atoms with Crippen molar-refractivity contribution in [2.45, 2.75) is 24.0 Å². The molecule has 0 saturated carbocycles. The van der Waals surface area contributed by atoms with E-state index in [9.17, 15) is 23.3 Å². The van der Waals surface area contributed by atoms with Crippen LogP contribution in [0, 0.1) is 10.1 Å². The second-order valence-electron chi connectivity index (χ2n) is 6.68. The van der Waals surface area contributed by atoms with Gasteiger partial charge in [-0.25, -0.2) is 8.42 Å². The molecule has 1 heterocycles. The maximum atomic E-state index is 12.6. The smallest absolute Gasteiger partial charge is 0.324 e. The highest BCUT2D eigenvalue weighted by atomic mass is 32.2. The number of nitrogens with one attached hydrogen (secondary N) is 1. The van der Waals surface area contributed by atoms with Gasteiger partial charge in [-0.05, 0) is 42.7 Å². The molecule has 0 bridgehead atoms. The first kappa shape index (κ1) is 24.4. The molecule has 0 amide bonds. The Balaban J connectivity index is 1.65. The van der Waals surface area contributed by atoms with Crippen molar-refractivity contribution in [3.8, 4) is 11.5 Å². The van der Waals surface area contributed by atoms with Gasteiger partial charge in [0.2, 0.25) is 15.9 Å². The number of aromatic nitrogens is 2. The van der Waals surface area contributed by atoms with Gasteiger partial charge in [0.25, 0.3) is 11.6 Å². The Morgan fingerprint density at radius 1 is 1.18 bits per heavy atom. The molecule has 3 rings (SSSR count). The quantitative estimate of drug-likeness (QED) is 0.240. The molecule has 0 aliphatic rings. The Bertz CT molecular complexity index is 1200. The molecular weight excluding hydrogens is 472 g/mol. The van der Waals surface area contributed by atoms with Crippen LogP contribution in [0.1, 0.15) is 12.3 Å². The molecule has 2 aromatic carbocycles. The summed E-state index contributed by atoms with van der Waals surface area (Å²) in [6.45, 7) is -0.359. The van der Waals surface area contributed by atoms with Crippen LogP contribution in [0.2, 0.25) is 0 Å². The molecule has 1 atom stereocenters. The van der Waals surface area contributed by atoms with Crippen LogP contribution in [0.4, 0.5) is 5.69 Å². The van der Waals surface area contributed by atoms with Gasteiger partial charge < -0.3 is 9.15 Å². The van der Waals surface area contributed by atoms with Crippen molar-refractivity contribution in [3.63, 3.8) is 0 Å². The summed E-state index contributed by atoms with van der Waals surface area (Å²) >= 11 is 1.46. The number of hydrogen-bond donors (Lipinski definition) is 1. The van der Waals surface area contributed by atoms with Crippen LogP contribution in [0.25, 0.3) is 11.5 Å². The van der Waals surface area contributed by atoms with Crippen LogP contribution < -0.4 is 4.72 Å². The van der Waals surface area contributed by atoms with E-state index in [1.54, 1.807) is 18.2 Å². The molecule has 1 aromatic heterocycles. The van der Waals surface area contributed by atoms with Gasteiger partial charge in [0.1, 0.15) is 6.04 Å². The van der Waals surface area contributed by atoms with Gasteiger partial charge in [-0.2, -0.15) is 16.5 Å². The Kier molecular flexibility index (Phi) is 8.14. The number of nitro groups is 1. The summed E-state index contributed by atoms with van der Waals surface area (Å²) in [7, 11) is -3.92. The number of carbonyl (C=O) groups excluding carboxylic acids is 1. The van der Waals surface area contributed by atoms with Gasteiger partial charge in [0, 0.05) is 17.7 Å². The van der Waals surface area contributed by atoms with E-state index >= 15 is 0 Å². The maximum absolute atomic E-state index is 12.6. The third kappa shape index (κ3) is 6.60. The van der Waals surface area contributed by atoms with E-state index in [-0.39, 0.29) is 35.4 Å². The zero-order valence-electron chi connectivity index (χ0n) is 17.4. The summed E-state index contributed by atoms with van der Waals surface area (Å²) < 4.78 is 38.2. The number of ether oxygens (including phenoxy) is 1. The number of sulfonamides is 1. The largest absolute Gasteiger partial charge is 0.454 e. The number of carbonyl (C=O) groups is 1. The molecular formula is C20H20N4O7S2. The number of rotatable bonds is 11. The number of thioether (sulfide) groups is 1. The fraction of sp³-hybridized carbons (Fsp3) is 0.250. The first-order valence-corrected chi connectivity index (χ1v) is 12.5. The second kappa shape index (κ2) is 11.0. The van der Waals surface area contributed by atoms with E-state index in [1.807, 2.05) is 6.26 Å². The van der Waals surface area contributed by atoms with Gasteiger partial charge in [0.15, 0.2) is 6.61 Å². The van der Waals surface area contributed by atoms with E-state index in [0.29, 0.717) is 11.3 Å². The zero-order chi connectivity index (χ0) is 23.8. The lowest BCUT2D eigenvalue weighted by molar-refractivity contribution is -0.384. The van der Waals surface area contributed by atoms with Crippen LogP contribution in [0.3, 0.4) is 0 Å². The summed E-state index contributed by atoms with van der Waals surface area (Å²) in [5.74, 6) is -0.161. The molecule has 1 unspecified atom stereocenters. The lowest BCUT2D eigenvalue weighted by Crippen LogP contribution is -2.42. The SMILES string of the molecule is CSCCC(NS(=O)(=O)c1ccccc1)C(=O)OCc1nnc(-c2ccc([N+](=O)[O-])cc2)o1. The molecule has 13 heteroatoms. The van der Waals surface area contributed by atoms with Crippen molar-refractivity contribution >= 4 is 33.4 Å². The highest BCUT2D eigenvalue weighted by Gasteiger charge is 2.27. The van der Waals surface area contributed by atoms with E-state index in [2.05, 4.69) is 14.9 Å². The van der Waals surface area contributed by atoms with E-state index in [1.165, 1.54) is 48.2 Å². The predicted molar refractivity (Wildman–Crippen MR) is 120 cm³/mol. The van der Waals surface area contributed by atoms with Crippen LogP contribution in [-0.4, -0.2) is 47.6 Å². The molecule has 11 nitrogen and oxygen atoms in total. The van der Waals surface area contributed by atoms with Crippen molar-refractivity contribution in [1.29, 1.82) is 0 Å². The normalized spacial score (nSPS) is 12.3. The van der Waals surface area contributed by atoms with Gasteiger partial charge in [-0.3, -0.25) is 14.9 Å². The molecule has 174 valence electrons. The lowest BCUT2D eigenvalue weighted by Gasteiger charge is -2.17. The average molecular weight is 493 g/mol. The molecule has 0 saturated heterocycles. The Morgan fingerprint density at radius 3 is 2.52 bits per heavy atom. The molecule has 0 spiro atoms. The predicted octanol–water partition coefficient (Wildman–Crippen LogP) is 2.79. The van der Waals surface area contributed by atoms with Crippen molar-refractivity contribution in [2.24, 2.45) is 0 Å². The third-order valence-electron chi connectivity index (χ3n) is 4.38. The number of benzene rings is 2. The minimum Gasteiger partial charge on any atom is -0.454 e. The Labute approximate surface area is 193 Å². The lowest BCUT2D eigenvalue weighted by atomic mass is 10.2. The zero-order valence-corrected chi connectivity index (χ0v) is 19.0. The van der Waals surface area contributed by atoms with Gasteiger partial charge in [0.05, 0.1) is 9.82 Å². The third-order valence-corrected chi connectivity index (χ3v) is 6.51. The van der Waals surface area contributed by atoms with Gasteiger partial charge >= 0.3 is 5.97 Å². The topological polar surface area (TPSA) is 155 Å². The molecule has 0 aliphatic carbocycles. The molecule has 0 aliphatic heterocycles. The van der Waals surface area contributed by atoms with E-state index in [4.69, 9.17) is 9.15 Å².